The Kier molecular flexibility index (Phi) is 10.3. The number of piperidine rings is 1. The van der Waals surface area contributed by atoms with Gasteiger partial charge in [0.2, 0.25) is 0 Å². The summed E-state index contributed by atoms with van der Waals surface area (Å²) in [6, 6.07) is 3.63. The van der Waals surface area contributed by atoms with E-state index in [0.29, 0.717) is 12.1 Å². The van der Waals surface area contributed by atoms with Crippen molar-refractivity contribution in [2.75, 3.05) is 19.6 Å². The number of nitrogens with one attached hydrogen (secondary N) is 1. The van der Waals surface area contributed by atoms with E-state index in [4.69, 9.17) is 5.73 Å². The molecule has 0 radical (unpaired) electrons. The molecule has 1 aliphatic rings. The molecule has 1 aliphatic heterocycles. The van der Waals surface area contributed by atoms with E-state index in [1.165, 1.54) is 19.3 Å². The van der Waals surface area contributed by atoms with Gasteiger partial charge in [-0.3, -0.25) is 9.78 Å². The summed E-state index contributed by atoms with van der Waals surface area (Å²) in [6.07, 6.45) is 5.50. The molecule has 0 bridgehead atoms. The molecular weight excluding hydrogens is 323 g/mol. The summed E-state index contributed by atoms with van der Waals surface area (Å²) in [5.74, 6) is -0.0494. The zero-order valence-corrected chi connectivity index (χ0v) is 14.6. The van der Waals surface area contributed by atoms with Gasteiger partial charge in [-0.1, -0.05) is 6.42 Å². The van der Waals surface area contributed by atoms with Crippen LogP contribution in [-0.2, 0) is 6.54 Å². The number of likely N-dealkylation sites (tertiary alicyclic amines) is 1. The van der Waals surface area contributed by atoms with Gasteiger partial charge < -0.3 is 16.0 Å². The number of nitrogens with zero attached hydrogens (tertiary/aromatic N) is 2. The molecule has 2 rings (SSSR count). The highest BCUT2D eigenvalue weighted by atomic mass is 35.5. The molecule has 2 heterocycles. The predicted molar refractivity (Wildman–Crippen MR) is 93.8 cm³/mol. The number of rotatable bonds is 5. The van der Waals surface area contributed by atoms with Gasteiger partial charge in [0.15, 0.2) is 0 Å². The molecule has 1 aromatic heterocycles. The molecule has 0 spiro atoms. The van der Waals surface area contributed by atoms with Crippen molar-refractivity contribution < 1.29 is 4.79 Å². The lowest BCUT2D eigenvalue weighted by molar-refractivity contribution is 0.0925. The first kappa shape index (κ1) is 21.1. The minimum atomic E-state index is -0.0494. The smallest absolute Gasteiger partial charge is 0.251 e. The average molecular weight is 349 g/mol. The number of hydrogen-bond acceptors (Lipinski definition) is 4. The first-order valence-corrected chi connectivity index (χ1v) is 7.37. The van der Waals surface area contributed by atoms with Crippen molar-refractivity contribution in [3.8, 4) is 0 Å². The number of aromatic nitrogens is 1. The Morgan fingerprint density at radius 3 is 2.68 bits per heavy atom. The first-order valence-electron chi connectivity index (χ1n) is 7.37. The largest absolute Gasteiger partial charge is 0.348 e. The van der Waals surface area contributed by atoms with Crippen molar-refractivity contribution in [2.24, 2.45) is 5.73 Å². The molecule has 7 heteroatoms. The zero-order valence-electron chi connectivity index (χ0n) is 13.0. The van der Waals surface area contributed by atoms with Crippen molar-refractivity contribution in [3.05, 3.63) is 29.6 Å². The average Bonchev–Trinajstić information content (AvgIpc) is 2.48. The summed E-state index contributed by atoms with van der Waals surface area (Å²) in [4.78, 5) is 18.7. The third kappa shape index (κ3) is 6.48. The normalized spacial score (nSPS) is 16.1. The van der Waals surface area contributed by atoms with E-state index < -0.39 is 0 Å². The van der Waals surface area contributed by atoms with E-state index in [0.717, 1.165) is 25.3 Å². The fourth-order valence-electron chi connectivity index (χ4n) is 2.61. The Bertz CT molecular complexity index is 453. The van der Waals surface area contributed by atoms with Gasteiger partial charge >= 0.3 is 0 Å². The minimum Gasteiger partial charge on any atom is -0.348 e. The van der Waals surface area contributed by atoms with Gasteiger partial charge in [0.05, 0.1) is 5.69 Å². The standard InChI is InChI=1S/C15H24N4O.2ClH/c1-12(11-19-7-3-2-4-8-19)18-15(20)13-5-6-17-14(9-13)10-16;;/h5-6,9,12H,2-4,7-8,10-11,16H2,1H3,(H,18,20);2*1H. The maximum atomic E-state index is 12.2. The highest BCUT2D eigenvalue weighted by Crippen LogP contribution is 2.09. The summed E-state index contributed by atoms with van der Waals surface area (Å²) in [6.45, 7) is 5.61. The van der Waals surface area contributed by atoms with Crippen molar-refractivity contribution in [1.82, 2.24) is 15.2 Å². The molecule has 3 N–H and O–H groups in total. The molecule has 126 valence electrons. The zero-order chi connectivity index (χ0) is 14.4. The molecule has 1 unspecified atom stereocenters. The fraction of sp³-hybridized carbons (Fsp3) is 0.600. The van der Waals surface area contributed by atoms with Crippen molar-refractivity contribution in [2.45, 2.75) is 38.8 Å². The molecule has 1 aromatic rings. The molecule has 1 amide bonds. The molecule has 1 saturated heterocycles. The molecule has 0 aromatic carbocycles. The number of hydrogen-bond donors (Lipinski definition) is 2. The molecular formula is C15H26Cl2N4O. The van der Waals surface area contributed by atoms with E-state index in [2.05, 4.69) is 22.1 Å². The van der Waals surface area contributed by atoms with Crippen LogP contribution in [0.1, 0.15) is 42.2 Å². The SMILES string of the molecule is CC(CN1CCCCC1)NC(=O)c1ccnc(CN)c1.Cl.Cl. The van der Waals surface area contributed by atoms with Crippen LogP contribution in [0.3, 0.4) is 0 Å². The van der Waals surface area contributed by atoms with Gasteiger partial charge in [-0.25, -0.2) is 0 Å². The Morgan fingerprint density at radius 1 is 1.36 bits per heavy atom. The molecule has 1 atom stereocenters. The third-order valence-electron chi connectivity index (χ3n) is 3.65. The first-order chi connectivity index (χ1) is 9.69. The van der Waals surface area contributed by atoms with Crippen LogP contribution in [-0.4, -0.2) is 41.5 Å². The van der Waals surface area contributed by atoms with Gasteiger partial charge in [0.25, 0.3) is 5.91 Å². The second kappa shape index (κ2) is 10.8. The number of carbonyl (C=O) groups excluding carboxylic acids is 1. The lowest BCUT2D eigenvalue weighted by Gasteiger charge is -2.29. The monoisotopic (exact) mass is 348 g/mol. The van der Waals surface area contributed by atoms with Crippen LogP contribution in [0.2, 0.25) is 0 Å². The maximum absolute atomic E-state index is 12.2. The Labute approximate surface area is 144 Å². The molecule has 0 saturated carbocycles. The number of nitrogens with two attached hydrogens (primary N) is 1. The Morgan fingerprint density at radius 2 is 2.05 bits per heavy atom. The van der Waals surface area contributed by atoms with Crippen molar-refractivity contribution in [3.63, 3.8) is 0 Å². The van der Waals surface area contributed by atoms with E-state index in [9.17, 15) is 4.79 Å². The summed E-state index contributed by atoms with van der Waals surface area (Å²) in [7, 11) is 0. The number of carbonyl (C=O) groups is 1. The summed E-state index contributed by atoms with van der Waals surface area (Å²) >= 11 is 0. The summed E-state index contributed by atoms with van der Waals surface area (Å²) in [5.41, 5.74) is 6.91. The van der Waals surface area contributed by atoms with E-state index in [1.807, 2.05) is 0 Å². The maximum Gasteiger partial charge on any atom is 0.251 e. The van der Waals surface area contributed by atoms with Gasteiger partial charge in [-0.2, -0.15) is 0 Å². The minimum absolute atomic E-state index is 0. The third-order valence-corrected chi connectivity index (χ3v) is 3.65. The fourth-order valence-corrected chi connectivity index (χ4v) is 2.61. The lowest BCUT2D eigenvalue weighted by Crippen LogP contribution is -2.43. The Balaban J connectivity index is 0.00000220. The van der Waals surface area contributed by atoms with Gasteiger partial charge in [-0.05, 0) is 45.0 Å². The number of amides is 1. The van der Waals surface area contributed by atoms with E-state index in [1.54, 1.807) is 18.3 Å². The lowest BCUT2D eigenvalue weighted by atomic mass is 10.1. The number of halogens is 2. The summed E-state index contributed by atoms with van der Waals surface area (Å²) < 4.78 is 0. The van der Waals surface area contributed by atoms with E-state index >= 15 is 0 Å². The topological polar surface area (TPSA) is 71.2 Å². The highest BCUT2D eigenvalue weighted by Gasteiger charge is 2.15. The van der Waals surface area contributed by atoms with Crippen LogP contribution < -0.4 is 11.1 Å². The highest BCUT2D eigenvalue weighted by molar-refractivity contribution is 5.94. The van der Waals surface area contributed by atoms with Crippen molar-refractivity contribution >= 4 is 30.7 Å². The van der Waals surface area contributed by atoms with Crippen LogP contribution in [0.5, 0.6) is 0 Å². The predicted octanol–water partition coefficient (Wildman–Crippen LogP) is 1.99. The molecule has 22 heavy (non-hydrogen) atoms. The van der Waals surface area contributed by atoms with Crippen LogP contribution >= 0.6 is 24.8 Å². The van der Waals surface area contributed by atoms with Crippen LogP contribution in [0.15, 0.2) is 18.3 Å². The van der Waals surface area contributed by atoms with Gasteiger partial charge in [-0.15, -0.1) is 24.8 Å². The molecule has 5 nitrogen and oxygen atoms in total. The quantitative estimate of drug-likeness (QED) is 0.853. The van der Waals surface area contributed by atoms with Crippen LogP contribution in [0.25, 0.3) is 0 Å². The molecule has 1 fully saturated rings. The van der Waals surface area contributed by atoms with Gasteiger partial charge in [0, 0.05) is 30.9 Å². The Hall–Kier alpha value is -0.880. The van der Waals surface area contributed by atoms with Gasteiger partial charge in [0.1, 0.15) is 0 Å². The van der Waals surface area contributed by atoms with Crippen molar-refractivity contribution in [1.29, 1.82) is 0 Å². The second-order valence-corrected chi connectivity index (χ2v) is 5.48. The second-order valence-electron chi connectivity index (χ2n) is 5.48. The van der Waals surface area contributed by atoms with Crippen LogP contribution in [0, 0.1) is 0 Å². The van der Waals surface area contributed by atoms with E-state index in [-0.39, 0.29) is 36.8 Å². The molecule has 0 aliphatic carbocycles. The summed E-state index contributed by atoms with van der Waals surface area (Å²) in [5, 5.41) is 3.05. The van der Waals surface area contributed by atoms with Crippen LogP contribution in [0.4, 0.5) is 0 Å². The number of pyridine rings is 1.